The van der Waals surface area contributed by atoms with E-state index in [9.17, 15) is 4.79 Å². The van der Waals surface area contributed by atoms with E-state index in [2.05, 4.69) is 5.10 Å². The summed E-state index contributed by atoms with van der Waals surface area (Å²) in [5, 5.41) is 12.4. The molecule has 0 fully saturated rings. The largest absolute Gasteiger partial charge is 0.343 e. The first-order valence-electron chi connectivity index (χ1n) is 4.74. The Labute approximate surface area is 88.9 Å². The van der Waals surface area contributed by atoms with Crippen molar-refractivity contribution in [3.8, 4) is 6.07 Å². The second-order valence-electron chi connectivity index (χ2n) is 3.35. The monoisotopic (exact) mass is 206 g/mol. The number of aromatic nitrogens is 2. The first-order chi connectivity index (χ1) is 7.15. The van der Waals surface area contributed by atoms with Gasteiger partial charge in [0.2, 0.25) is 5.91 Å². The lowest BCUT2D eigenvalue weighted by Crippen LogP contribution is -2.31. The summed E-state index contributed by atoms with van der Waals surface area (Å²) in [4.78, 5) is 13.2. The van der Waals surface area contributed by atoms with E-state index in [0.29, 0.717) is 13.0 Å². The minimum atomic E-state index is -0.0305. The summed E-state index contributed by atoms with van der Waals surface area (Å²) in [7, 11) is 1.69. The lowest BCUT2D eigenvalue weighted by molar-refractivity contribution is -0.130. The molecular weight excluding hydrogens is 192 g/mol. The molecule has 0 unspecified atom stereocenters. The Morgan fingerprint density at radius 1 is 1.73 bits per heavy atom. The molecule has 1 rings (SSSR count). The normalized spacial score (nSPS) is 9.67. The zero-order valence-electron chi connectivity index (χ0n) is 8.97. The zero-order valence-corrected chi connectivity index (χ0v) is 8.97. The molecular formula is C10H14N4O. The number of nitriles is 1. The molecule has 5 heteroatoms. The number of carbonyl (C=O) groups excluding carboxylic acids is 1. The van der Waals surface area contributed by atoms with Crippen LogP contribution in [-0.2, 0) is 11.3 Å². The van der Waals surface area contributed by atoms with Gasteiger partial charge in [0.1, 0.15) is 6.54 Å². The average molecular weight is 206 g/mol. The van der Waals surface area contributed by atoms with E-state index in [1.54, 1.807) is 22.8 Å². The molecule has 15 heavy (non-hydrogen) atoms. The maximum atomic E-state index is 11.6. The molecule has 1 aromatic heterocycles. The number of carbonyl (C=O) groups is 1. The molecule has 0 aromatic carbocycles. The highest BCUT2D eigenvalue weighted by molar-refractivity contribution is 5.75. The second-order valence-corrected chi connectivity index (χ2v) is 3.35. The summed E-state index contributed by atoms with van der Waals surface area (Å²) in [6, 6.07) is 3.86. The topological polar surface area (TPSA) is 61.9 Å². The Balaban J connectivity index is 2.49. The van der Waals surface area contributed by atoms with Gasteiger partial charge in [-0.3, -0.25) is 9.48 Å². The first kappa shape index (κ1) is 11.2. The SMILES string of the molecule is Cc1ccnn1CC(=O)N(C)CCC#N. The minimum Gasteiger partial charge on any atom is -0.343 e. The molecule has 0 saturated heterocycles. The van der Waals surface area contributed by atoms with E-state index >= 15 is 0 Å². The quantitative estimate of drug-likeness (QED) is 0.723. The number of nitrogens with zero attached hydrogens (tertiary/aromatic N) is 4. The molecule has 0 aliphatic heterocycles. The third-order valence-corrected chi connectivity index (χ3v) is 2.20. The van der Waals surface area contributed by atoms with E-state index in [4.69, 9.17) is 5.26 Å². The van der Waals surface area contributed by atoms with Gasteiger partial charge < -0.3 is 4.90 Å². The Morgan fingerprint density at radius 3 is 3.00 bits per heavy atom. The molecule has 1 heterocycles. The van der Waals surface area contributed by atoms with E-state index in [0.717, 1.165) is 5.69 Å². The van der Waals surface area contributed by atoms with Crippen molar-refractivity contribution in [2.24, 2.45) is 0 Å². The van der Waals surface area contributed by atoms with Crippen LogP contribution in [0.2, 0.25) is 0 Å². The molecule has 1 aromatic rings. The minimum absolute atomic E-state index is 0.0305. The molecule has 0 aliphatic rings. The van der Waals surface area contributed by atoms with E-state index in [1.807, 2.05) is 19.1 Å². The van der Waals surface area contributed by atoms with Gasteiger partial charge in [0.25, 0.3) is 0 Å². The summed E-state index contributed by atoms with van der Waals surface area (Å²) in [5.74, 6) is -0.0305. The van der Waals surface area contributed by atoms with Crippen LogP contribution < -0.4 is 0 Å². The molecule has 0 N–H and O–H groups in total. The van der Waals surface area contributed by atoms with Crippen molar-refractivity contribution >= 4 is 5.91 Å². The highest BCUT2D eigenvalue weighted by atomic mass is 16.2. The number of hydrogen-bond donors (Lipinski definition) is 0. The zero-order chi connectivity index (χ0) is 11.3. The van der Waals surface area contributed by atoms with Crippen molar-refractivity contribution < 1.29 is 4.79 Å². The van der Waals surface area contributed by atoms with Crippen molar-refractivity contribution in [2.45, 2.75) is 19.9 Å². The van der Waals surface area contributed by atoms with Crippen LogP contribution in [0, 0.1) is 18.3 Å². The van der Waals surface area contributed by atoms with Gasteiger partial charge in [0.05, 0.1) is 12.5 Å². The summed E-state index contributed by atoms with van der Waals surface area (Å²) in [6.07, 6.45) is 2.03. The van der Waals surface area contributed by atoms with Gasteiger partial charge in [-0.1, -0.05) is 0 Å². The van der Waals surface area contributed by atoms with Crippen LogP contribution in [0.5, 0.6) is 0 Å². The smallest absolute Gasteiger partial charge is 0.244 e. The predicted molar refractivity (Wildman–Crippen MR) is 54.8 cm³/mol. The van der Waals surface area contributed by atoms with Crippen molar-refractivity contribution in [3.05, 3.63) is 18.0 Å². The summed E-state index contributed by atoms with van der Waals surface area (Å²) >= 11 is 0. The van der Waals surface area contributed by atoms with Gasteiger partial charge in [-0.2, -0.15) is 10.4 Å². The van der Waals surface area contributed by atoms with Crippen molar-refractivity contribution in [1.29, 1.82) is 5.26 Å². The fourth-order valence-electron chi connectivity index (χ4n) is 1.16. The van der Waals surface area contributed by atoms with Crippen LogP contribution in [0.4, 0.5) is 0 Å². The van der Waals surface area contributed by atoms with Crippen LogP contribution in [0.25, 0.3) is 0 Å². The number of hydrogen-bond acceptors (Lipinski definition) is 3. The summed E-state index contributed by atoms with van der Waals surface area (Å²) < 4.78 is 1.64. The summed E-state index contributed by atoms with van der Waals surface area (Å²) in [6.45, 7) is 2.60. The first-order valence-corrected chi connectivity index (χ1v) is 4.74. The molecule has 0 atom stereocenters. The number of rotatable bonds is 4. The molecule has 0 aliphatic carbocycles. The molecule has 1 amide bonds. The molecule has 0 saturated carbocycles. The Bertz CT molecular complexity index is 377. The van der Waals surface area contributed by atoms with Gasteiger partial charge in [0, 0.05) is 25.5 Å². The molecule has 0 radical (unpaired) electrons. The average Bonchev–Trinajstić information content (AvgIpc) is 2.61. The van der Waals surface area contributed by atoms with Crippen LogP contribution in [0.1, 0.15) is 12.1 Å². The molecule has 5 nitrogen and oxygen atoms in total. The van der Waals surface area contributed by atoms with Gasteiger partial charge in [-0.05, 0) is 13.0 Å². The number of likely N-dealkylation sites (N-methyl/N-ethyl adjacent to an activating group) is 1. The van der Waals surface area contributed by atoms with Gasteiger partial charge in [-0.15, -0.1) is 0 Å². The highest BCUT2D eigenvalue weighted by Gasteiger charge is 2.10. The van der Waals surface area contributed by atoms with E-state index in [-0.39, 0.29) is 12.5 Å². The Kier molecular flexibility index (Phi) is 3.86. The second kappa shape index (κ2) is 5.15. The van der Waals surface area contributed by atoms with Crippen molar-refractivity contribution in [1.82, 2.24) is 14.7 Å². The standard InChI is InChI=1S/C10H14N4O/c1-9-4-6-12-14(9)8-10(15)13(2)7-3-5-11/h4,6H,3,7-8H2,1-2H3. The third kappa shape index (κ3) is 3.09. The van der Waals surface area contributed by atoms with Crippen LogP contribution in [0.3, 0.4) is 0 Å². The van der Waals surface area contributed by atoms with E-state index < -0.39 is 0 Å². The lowest BCUT2D eigenvalue weighted by atomic mass is 10.4. The van der Waals surface area contributed by atoms with Crippen LogP contribution >= 0.6 is 0 Å². The Morgan fingerprint density at radius 2 is 2.47 bits per heavy atom. The number of aryl methyl sites for hydroxylation is 1. The third-order valence-electron chi connectivity index (χ3n) is 2.20. The van der Waals surface area contributed by atoms with Crippen molar-refractivity contribution in [3.63, 3.8) is 0 Å². The predicted octanol–water partition coefficient (Wildman–Crippen LogP) is 0.564. The summed E-state index contributed by atoms with van der Waals surface area (Å²) in [5.41, 5.74) is 0.956. The lowest BCUT2D eigenvalue weighted by Gasteiger charge is -2.15. The highest BCUT2D eigenvalue weighted by Crippen LogP contribution is 1.97. The fourth-order valence-corrected chi connectivity index (χ4v) is 1.16. The van der Waals surface area contributed by atoms with Gasteiger partial charge in [0.15, 0.2) is 0 Å². The molecule has 0 spiro atoms. The number of amides is 1. The van der Waals surface area contributed by atoms with Crippen molar-refractivity contribution in [2.75, 3.05) is 13.6 Å². The van der Waals surface area contributed by atoms with E-state index in [1.165, 1.54) is 0 Å². The fraction of sp³-hybridized carbons (Fsp3) is 0.500. The van der Waals surface area contributed by atoms with Crippen LogP contribution in [-0.4, -0.2) is 34.2 Å². The maximum absolute atomic E-state index is 11.6. The Hall–Kier alpha value is -1.83. The van der Waals surface area contributed by atoms with Gasteiger partial charge in [-0.25, -0.2) is 0 Å². The van der Waals surface area contributed by atoms with Gasteiger partial charge >= 0.3 is 0 Å². The molecule has 80 valence electrons. The maximum Gasteiger partial charge on any atom is 0.244 e. The van der Waals surface area contributed by atoms with Crippen LogP contribution in [0.15, 0.2) is 12.3 Å². The molecule has 0 bridgehead atoms.